The summed E-state index contributed by atoms with van der Waals surface area (Å²) in [5.41, 5.74) is 0.164. The van der Waals surface area contributed by atoms with Crippen molar-refractivity contribution >= 4 is 23.2 Å². The van der Waals surface area contributed by atoms with Gasteiger partial charge in [0.15, 0.2) is 17.7 Å². The standard InChI is InChI=1S/C16H14ClF2NO2/c1-2-15(22-12-5-3-4-10(17)8-12)16(21)20-11-6-7-13(18)14(19)9-11/h3-9,15H,2H2,1H3,(H,20,21)/t15-/m1/s1. The summed E-state index contributed by atoms with van der Waals surface area (Å²) in [5, 5.41) is 2.99. The van der Waals surface area contributed by atoms with Crippen molar-refractivity contribution in [3.05, 3.63) is 59.1 Å². The number of hydrogen-bond acceptors (Lipinski definition) is 2. The normalized spacial score (nSPS) is 11.8. The lowest BCUT2D eigenvalue weighted by atomic mass is 10.2. The number of halogens is 3. The van der Waals surface area contributed by atoms with Crippen LogP contribution in [0.3, 0.4) is 0 Å². The summed E-state index contributed by atoms with van der Waals surface area (Å²) in [6.45, 7) is 1.78. The average Bonchev–Trinajstić information content (AvgIpc) is 2.48. The second-order valence-electron chi connectivity index (χ2n) is 4.59. The Bertz CT molecular complexity index is 679. The molecular weight excluding hydrogens is 312 g/mol. The molecule has 2 rings (SSSR count). The molecule has 22 heavy (non-hydrogen) atoms. The van der Waals surface area contributed by atoms with E-state index in [1.165, 1.54) is 6.07 Å². The second-order valence-corrected chi connectivity index (χ2v) is 5.03. The zero-order valence-corrected chi connectivity index (χ0v) is 12.5. The van der Waals surface area contributed by atoms with Crippen molar-refractivity contribution in [2.24, 2.45) is 0 Å². The summed E-state index contributed by atoms with van der Waals surface area (Å²) in [4.78, 5) is 12.1. The largest absolute Gasteiger partial charge is 0.481 e. The van der Waals surface area contributed by atoms with Crippen LogP contribution < -0.4 is 10.1 Å². The minimum absolute atomic E-state index is 0.164. The molecule has 6 heteroatoms. The van der Waals surface area contributed by atoms with Gasteiger partial charge in [-0.25, -0.2) is 8.78 Å². The molecule has 0 fully saturated rings. The number of benzene rings is 2. The summed E-state index contributed by atoms with van der Waals surface area (Å²) < 4.78 is 31.6. The molecule has 0 aliphatic heterocycles. The van der Waals surface area contributed by atoms with Gasteiger partial charge in [-0.15, -0.1) is 0 Å². The third-order valence-corrected chi connectivity index (χ3v) is 3.16. The van der Waals surface area contributed by atoms with Crippen LogP contribution in [-0.2, 0) is 4.79 Å². The predicted molar refractivity (Wildman–Crippen MR) is 81.1 cm³/mol. The SMILES string of the molecule is CC[C@@H](Oc1cccc(Cl)c1)C(=O)Nc1ccc(F)c(F)c1. The highest BCUT2D eigenvalue weighted by molar-refractivity contribution is 6.30. The fourth-order valence-corrected chi connectivity index (χ4v) is 2.00. The topological polar surface area (TPSA) is 38.3 Å². The molecule has 0 aliphatic rings. The number of rotatable bonds is 5. The summed E-state index contributed by atoms with van der Waals surface area (Å²) >= 11 is 5.86. The van der Waals surface area contributed by atoms with Gasteiger partial charge in [0.2, 0.25) is 0 Å². The third kappa shape index (κ3) is 4.18. The molecule has 2 aromatic rings. The number of carbonyl (C=O) groups excluding carboxylic acids is 1. The number of nitrogens with one attached hydrogen (secondary N) is 1. The first-order valence-electron chi connectivity index (χ1n) is 6.67. The van der Waals surface area contributed by atoms with E-state index in [0.29, 0.717) is 17.2 Å². The van der Waals surface area contributed by atoms with Gasteiger partial charge >= 0.3 is 0 Å². The maximum Gasteiger partial charge on any atom is 0.265 e. The van der Waals surface area contributed by atoms with Crippen molar-refractivity contribution < 1.29 is 18.3 Å². The maximum atomic E-state index is 13.1. The molecule has 0 spiro atoms. The number of ether oxygens (including phenoxy) is 1. The van der Waals surface area contributed by atoms with Gasteiger partial charge in [0.05, 0.1) is 0 Å². The summed E-state index contributed by atoms with van der Waals surface area (Å²) in [6, 6.07) is 9.81. The number of amides is 1. The lowest BCUT2D eigenvalue weighted by molar-refractivity contribution is -0.122. The van der Waals surface area contributed by atoms with Crippen molar-refractivity contribution in [2.45, 2.75) is 19.4 Å². The smallest absolute Gasteiger partial charge is 0.265 e. The first-order chi connectivity index (χ1) is 10.5. The van der Waals surface area contributed by atoms with E-state index in [1.54, 1.807) is 31.2 Å². The second kappa shape index (κ2) is 7.22. The van der Waals surface area contributed by atoms with Crippen LogP contribution in [-0.4, -0.2) is 12.0 Å². The monoisotopic (exact) mass is 325 g/mol. The summed E-state index contributed by atoms with van der Waals surface area (Å²) in [7, 11) is 0. The number of hydrogen-bond donors (Lipinski definition) is 1. The maximum absolute atomic E-state index is 13.1. The fourth-order valence-electron chi connectivity index (χ4n) is 1.82. The predicted octanol–water partition coefficient (Wildman–Crippen LogP) is 4.41. The molecule has 0 unspecified atom stereocenters. The van der Waals surface area contributed by atoms with Crippen LogP contribution in [0.4, 0.5) is 14.5 Å². The Morgan fingerprint density at radius 3 is 2.64 bits per heavy atom. The Labute approximate surface area is 131 Å². The van der Waals surface area contributed by atoms with Crippen molar-refractivity contribution in [3.8, 4) is 5.75 Å². The van der Waals surface area contributed by atoms with Gasteiger partial charge < -0.3 is 10.1 Å². The first-order valence-corrected chi connectivity index (χ1v) is 7.05. The van der Waals surface area contributed by atoms with E-state index in [9.17, 15) is 13.6 Å². The van der Waals surface area contributed by atoms with Gasteiger partial charge in [0, 0.05) is 16.8 Å². The first kappa shape index (κ1) is 16.2. The molecule has 0 saturated carbocycles. The molecule has 0 radical (unpaired) electrons. The van der Waals surface area contributed by atoms with Crippen LogP contribution in [0.25, 0.3) is 0 Å². The minimum atomic E-state index is -1.03. The highest BCUT2D eigenvalue weighted by atomic mass is 35.5. The summed E-state index contributed by atoms with van der Waals surface area (Å²) in [5.74, 6) is -1.99. The van der Waals surface area contributed by atoms with Gasteiger partial charge in [-0.3, -0.25) is 4.79 Å². The van der Waals surface area contributed by atoms with Crippen LogP contribution in [0, 0.1) is 11.6 Å². The Morgan fingerprint density at radius 1 is 1.23 bits per heavy atom. The van der Waals surface area contributed by atoms with Crippen LogP contribution in [0.2, 0.25) is 5.02 Å². The van der Waals surface area contributed by atoms with Crippen molar-refractivity contribution in [2.75, 3.05) is 5.32 Å². The van der Waals surface area contributed by atoms with Gasteiger partial charge in [-0.05, 0) is 36.8 Å². The molecule has 0 heterocycles. The third-order valence-electron chi connectivity index (χ3n) is 2.92. The van der Waals surface area contributed by atoms with E-state index >= 15 is 0 Å². The molecule has 1 N–H and O–H groups in total. The van der Waals surface area contributed by atoms with E-state index in [2.05, 4.69) is 5.32 Å². The molecule has 0 aromatic heterocycles. The highest BCUT2D eigenvalue weighted by Crippen LogP contribution is 2.20. The van der Waals surface area contributed by atoms with Crippen molar-refractivity contribution in [1.82, 2.24) is 0 Å². The van der Waals surface area contributed by atoms with Crippen molar-refractivity contribution in [3.63, 3.8) is 0 Å². The quantitative estimate of drug-likeness (QED) is 0.884. The molecule has 3 nitrogen and oxygen atoms in total. The van der Waals surface area contributed by atoms with Crippen LogP contribution in [0.1, 0.15) is 13.3 Å². The van der Waals surface area contributed by atoms with Gasteiger partial charge in [0.25, 0.3) is 5.91 Å². The zero-order valence-electron chi connectivity index (χ0n) is 11.8. The number of anilines is 1. The lowest BCUT2D eigenvalue weighted by Gasteiger charge is -2.17. The van der Waals surface area contributed by atoms with E-state index in [1.807, 2.05) is 0 Å². The van der Waals surface area contributed by atoms with Crippen LogP contribution in [0.15, 0.2) is 42.5 Å². The summed E-state index contributed by atoms with van der Waals surface area (Å²) in [6.07, 6.45) is -0.367. The van der Waals surface area contributed by atoms with E-state index in [4.69, 9.17) is 16.3 Å². The minimum Gasteiger partial charge on any atom is -0.481 e. The zero-order chi connectivity index (χ0) is 16.1. The molecular formula is C16H14ClF2NO2. The highest BCUT2D eigenvalue weighted by Gasteiger charge is 2.19. The van der Waals surface area contributed by atoms with Crippen LogP contribution in [0.5, 0.6) is 5.75 Å². The van der Waals surface area contributed by atoms with Crippen LogP contribution >= 0.6 is 11.6 Å². The number of carbonyl (C=O) groups is 1. The van der Waals surface area contributed by atoms with Gasteiger partial charge in [-0.1, -0.05) is 24.6 Å². The molecule has 1 atom stereocenters. The fraction of sp³-hybridized carbons (Fsp3) is 0.188. The molecule has 1 amide bonds. The Balaban J connectivity index is 2.06. The lowest BCUT2D eigenvalue weighted by Crippen LogP contribution is -2.32. The Hall–Kier alpha value is -2.14. The van der Waals surface area contributed by atoms with Crippen molar-refractivity contribution in [1.29, 1.82) is 0 Å². The molecule has 2 aromatic carbocycles. The Kier molecular flexibility index (Phi) is 5.33. The van der Waals surface area contributed by atoms with Gasteiger partial charge in [-0.2, -0.15) is 0 Å². The van der Waals surface area contributed by atoms with Gasteiger partial charge in [0.1, 0.15) is 5.75 Å². The van der Waals surface area contributed by atoms with E-state index in [0.717, 1.165) is 12.1 Å². The Morgan fingerprint density at radius 2 is 2.00 bits per heavy atom. The molecule has 0 bridgehead atoms. The van der Waals surface area contributed by atoms with E-state index < -0.39 is 23.6 Å². The average molecular weight is 326 g/mol. The molecule has 0 aliphatic carbocycles. The molecule has 116 valence electrons. The molecule has 0 saturated heterocycles. The van der Waals surface area contributed by atoms with E-state index in [-0.39, 0.29) is 5.69 Å².